The molecular formula is C21H20F2N2O6S. The number of carbonyl (C=O) groups excluding carboxylic acids is 4. The van der Waals surface area contributed by atoms with Crippen LogP contribution in [0.3, 0.4) is 0 Å². The second-order valence-electron chi connectivity index (χ2n) is 6.96. The van der Waals surface area contributed by atoms with Gasteiger partial charge in [0.15, 0.2) is 6.61 Å². The number of alkyl halides is 2. The fourth-order valence-electron chi connectivity index (χ4n) is 3.19. The lowest BCUT2D eigenvalue weighted by Gasteiger charge is -2.31. The first-order valence-corrected chi connectivity index (χ1v) is 10.6. The Morgan fingerprint density at radius 1 is 1.16 bits per heavy atom. The van der Waals surface area contributed by atoms with Crippen LogP contribution < -0.4 is 10.1 Å². The molecule has 0 bridgehead atoms. The minimum Gasteiger partial charge on any atom is -0.455 e. The number of carbonyl (C=O) groups is 4. The number of rotatable bonds is 7. The number of esters is 1. The summed E-state index contributed by atoms with van der Waals surface area (Å²) in [6, 6.07) is 8.26. The number of nitrogens with zero attached hydrogens (tertiary/aromatic N) is 1. The highest BCUT2D eigenvalue weighted by molar-refractivity contribution is 7.12. The summed E-state index contributed by atoms with van der Waals surface area (Å²) in [4.78, 5) is 51.0. The van der Waals surface area contributed by atoms with Gasteiger partial charge in [-0.1, -0.05) is 6.07 Å². The molecule has 0 saturated carbocycles. The Kier molecular flexibility index (Phi) is 7.87. The lowest BCUT2D eigenvalue weighted by Crippen LogP contribution is -2.43. The number of likely N-dealkylation sites (tertiary alicyclic amines) is 1. The van der Waals surface area contributed by atoms with Gasteiger partial charge < -0.3 is 14.4 Å². The van der Waals surface area contributed by atoms with Crippen molar-refractivity contribution < 1.29 is 37.4 Å². The van der Waals surface area contributed by atoms with Crippen molar-refractivity contribution in [1.29, 1.82) is 0 Å². The van der Waals surface area contributed by atoms with Gasteiger partial charge in [0.1, 0.15) is 5.75 Å². The summed E-state index contributed by atoms with van der Waals surface area (Å²) in [5.41, 5.74) is 0.0429. The number of hydrogen-bond acceptors (Lipinski definition) is 7. The van der Waals surface area contributed by atoms with Crippen molar-refractivity contribution >= 4 is 35.0 Å². The molecule has 0 spiro atoms. The van der Waals surface area contributed by atoms with Crippen LogP contribution in [0.15, 0.2) is 41.8 Å². The van der Waals surface area contributed by atoms with Crippen molar-refractivity contribution in [3.05, 3.63) is 52.2 Å². The van der Waals surface area contributed by atoms with Crippen LogP contribution in [-0.2, 0) is 14.3 Å². The molecule has 2 heterocycles. The van der Waals surface area contributed by atoms with Crippen LogP contribution in [0, 0.1) is 5.92 Å². The topological polar surface area (TPSA) is 102 Å². The molecule has 3 amide bonds. The Labute approximate surface area is 186 Å². The third-order valence-corrected chi connectivity index (χ3v) is 5.57. The number of nitrogens with one attached hydrogen (secondary N) is 1. The molecule has 1 fully saturated rings. The van der Waals surface area contributed by atoms with Crippen LogP contribution in [0.5, 0.6) is 5.75 Å². The molecule has 170 valence electrons. The van der Waals surface area contributed by atoms with E-state index in [2.05, 4.69) is 10.1 Å². The molecule has 1 aromatic heterocycles. The molecule has 1 aliphatic rings. The van der Waals surface area contributed by atoms with Crippen molar-refractivity contribution in [2.75, 3.05) is 19.7 Å². The summed E-state index contributed by atoms with van der Waals surface area (Å²) in [7, 11) is 0. The molecule has 11 heteroatoms. The van der Waals surface area contributed by atoms with Gasteiger partial charge in [0.25, 0.3) is 17.7 Å². The van der Waals surface area contributed by atoms with E-state index in [0.717, 1.165) is 12.1 Å². The predicted molar refractivity (Wildman–Crippen MR) is 109 cm³/mol. The first-order valence-electron chi connectivity index (χ1n) is 9.72. The van der Waals surface area contributed by atoms with E-state index in [9.17, 15) is 28.0 Å². The second kappa shape index (κ2) is 10.8. The highest BCUT2D eigenvalue weighted by Crippen LogP contribution is 2.21. The largest absolute Gasteiger partial charge is 0.455 e. The van der Waals surface area contributed by atoms with Crippen LogP contribution in [0.2, 0.25) is 0 Å². The maximum Gasteiger partial charge on any atom is 0.387 e. The number of benzene rings is 1. The molecule has 1 aliphatic heterocycles. The molecule has 0 radical (unpaired) electrons. The van der Waals surface area contributed by atoms with Crippen molar-refractivity contribution in [2.45, 2.75) is 19.5 Å². The van der Waals surface area contributed by atoms with Crippen LogP contribution in [0.4, 0.5) is 8.78 Å². The number of imide groups is 1. The van der Waals surface area contributed by atoms with Gasteiger partial charge in [-0.25, -0.2) is 0 Å². The fraction of sp³-hybridized carbons (Fsp3) is 0.333. The zero-order valence-electron chi connectivity index (χ0n) is 16.8. The van der Waals surface area contributed by atoms with Gasteiger partial charge in [-0.15, -0.1) is 11.3 Å². The summed E-state index contributed by atoms with van der Waals surface area (Å²) >= 11 is 1.32. The molecule has 8 nitrogen and oxygen atoms in total. The van der Waals surface area contributed by atoms with E-state index in [1.54, 1.807) is 22.4 Å². The van der Waals surface area contributed by atoms with E-state index >= 15 is 0 Å². The quantitative estimate of drug-likeness (QED) is 0.630. The number of ether oxygens (including phenoxy) is 2. The summed E-state index contributed by atoms with van der Waals surface area (Å²) in [6.45, 7) is -2.91. The summed E-state index contributed by atoms with van der Waals surface area (Å²) < 4.78 is 33.5. The Morgan fingerprint density at radius 2 is 1.91 bits per heavy atom. The zero-order chi connectivity index (χ0) is 23.1. The van der Waals surface area contributed by atoms with Crippen molar-refractivity contribution in [3.8, 4) is 5.75 Å². The van der Waals surface area contributed by atoms with Gasteiger partial charge in [-0.3, -0.25) is 24.5 Å². The third kappa shape index (κ3) is 6.33. The lowest BCUT2D eigenvalue weighted by atomic mass is 9.98. The van der Waals surface area contributed by atoms with E-state index < -0.39 is 36.9 Å². The van der Waals surface area contributed by atoms with Crippen LogP contribution in [0.1, 0.15) is 32.9 Å². The minimum atomic E-state index is -2.99. The van der Waals surface area contributed by atoms with Gasteiger partial charge in [-0.05, 0) is 48.6 Å². The van der Waals surface area contributed by atoms with Crippen molar-refractivity contribution in [3.63, 3.8) is 0 Å². The maximum atomic E-state index is 12.5. The Morgan fingerprint density at radius 3 is 2.56 bits per heavy atom. The van der Waals surface area contributed by atoms with Gasteiger partial charge >= 0.3 is 12.6 Å². The molecule has 1 atom stereocenters. The first-order chi connectivity index (χ1) is 15.3. The van der Waals surface area contributed by atoms with E-state index in [0.29, 0.717) is 24.3 Å². The molecule has 0 aliphatic carbocycles. The zero-order valence-corrected chi connectivity index (χ0v) is 17.6. The van der Waals surface area contributed by atoms with E-state index in [-0.39, 0.29) is 23.8 Å². The van der Waals surface area contributed by atoms with Crippen LogP contribution >= 0.6 is 11.3 Å². The predicted octanol–water partition coefficient (Wildman–Crippen LogP) is 2.70. The summed E-state index contributed by atoms with van der Waals surface area (Å²) in [5.74, 6) is -3.07. The SMILES string of the molecule is O=C(COC(=O)C1CCCN(C(=O)c2cccs2)C1)NC(=O)c1ccc(OC(F)F)cc1. The molecule has 1 unspecified atom stereocenters. The summed E-state index contributed by atoms with van der Waals surface area (Å²) in [6.07, 6.45) is 1.16. The minimum absolute atomic E-state index is 0.0429. The molecule has 1 aromatic carbocycles. The standard InChI is InChI=1S/C21H20F2N2O6S/c22-21(23)31-15-7-5-13(6-8-15)18(27)24-17(26)12-30-20(29)14-3-1-9-25(11-14)19(28)16-4-2-10-32-16/h2,4-8,10,14,21H,1,3,9,11-12H2,(H,24,26,27). The maximum absolute atomic E-state index is 12.5. The smallest absolute Gasteiger partial charge is 0.387 e. The van der Waals surface area contributed by atoms with Gasteiger partial charge in [-0.2, -0.15) is 8.78 Å². The average molecular weight is 466 g/mol. The molecular weight excluding hydrogens is 446 g/mol. The van der Waals surface area contributed by atoms with E-state index in [1.807, 2.05) is 0 Å². The Hall–Kier alpha value is -3.34. The molecule has 1 saturated heterocycles. The second-order valence-corrected chi connectivity index (χ2v) is 7.90. The number of hydrogen-bond donors (Lipinski definition) is 1. The molecule has 1 N–H and O–H groups in total. The van der Waals surface area contributed by atoms with Crippen LogP contribution in [0.25, 0.3) is 0 Å². The number of halogens is 2. The summed E-state index contributed by atoms with van der Waals surface area (Å²) in [5, 5.41) is 3.85. The van der Waals surface area contributed by atoms with Gasteiger partial charge in [0, 0.05) is 18.7 Å². The third-order valence-electron chi connectivity index (χ3n) is 4.71. The van der Waals surface area contributed by atoms with Crippen molar-refractivity contribution in [2.24, 2.45) is 5.92 Å². The van der Waals surface area contributed by atoms with Gasteiger partial charge in [0.2, 0.25) is 0 Å². The van der Waals surface area contributed by atoms with Crippen LogP contribution in [-0.4, -0.2) is 54.9 Å². The number of piperidine rings is 1. The Bertz CT molecular complexity index is 965. The van der Waals surface area contributed by atoms with E-state index in [4.69, 9.17) is 4.74 Å². The number of thiophene rings is 1. The highest BCUT2D eigenvalue weighted by Gasteiger charge is 2.30. The van der Waals surface area contributed by atoms with Crippen molar-refractivity contribution in [1.82, 2.24) is 10.2 Å². The first kappa shape index (κ1) is 23.3. The molecule has 32 heavy (non-hydrogen) atoms. The molecule has 3 rings (SSSR count). The Balaban J connectivity index is 1.45. The normalized spacial score (nSPS) is 15.8. The highest BCUT2D eigenvalue weighted by atomic mass is 32.1. The van der Waals surface area contributed by atoms with E-state index in [1.165, 1.54) is 23.5 Å². The van der Waals surface area contributed by atoms with Gasteiger partial charge in [0.05, 0.1) is 10.8 Å². The molecule has 2 aromatic rings. The monoisotopic (exact) mass is 466 g/mol. The number of amides is 3. The lowest BCUT2D eigenvalue weighted by molar-refractivity contribution is -0.153. The fourth-order valence-corrected chi connectivity index (χ4v) is 3.88. The average Bonchev–Trinajstić information content (AvgIpc) is 3.32.